The number of nitrogens with zero attached hydrogens (tertiary/aromatic N) is 4. The van der Waals surface area contributed by atoms with E-state index in [2.05, 4.69) is 16.2 Å². The van der Waals surface area contributed by atoms with E-state index in [1.54, 1.807) is 17.8 Å². The lowest BCUT2D eigenvalue weighted by Crippen LogP contribution is -2.16. The number of pyridine rings is 1. The summed E-state index contributed by atoms with van der Waals surface area (Å²) in [7, 11) is 0. The molecule has 0 amide bonds. The van der Waals surface area contributed by atoms with E-state index in [1.165, 1.54) is 0 Å². The van der Waals surface area contributed by atoms with Crippen LogP contribution in [0, 0.1) is 11.3 Å². The van der Waals surface area contributed by atoms with E-state index in [0.29, 0.717) is 31.7 Å². The quantitative estimate of drug-likeness (QED) is 0.626. The first kappa shape index (κ1) is 15.2. The molecule has 0 unspecified atom stereocenters. The van der Waals surface area contributed by atoms with Gasteiger partial charge in [0.2, 0.25) is 0 Å². The Labute approximate surface area is 134 Å². The first-order valence-electron chi connectivity index (χ1n) is 7.83. The molecule has 1 aliphatic rings. The molecule has 118 valence electrons. The van der Waals surface area contributed by atoms with E-state index < -0.39 is 0 Å². The highest BCUT2D eigenvalue weighted by atomic mass is 16.5. The summed E-state index contributed by atoms with van der Waals surface area (Å²) in [5.74, 6) is -0.337. The maximum absolute atomic E-state index is 12.4. The molecule has 1 aliphatic carbocycles. The second-order valence-electron chi connectivity index (χ2n) is 5.41. The summed E-state index contributed by atoms with van der Waals surface area (Å²) in [4.78, 5) is 16.5. The molecule has 0 radical (unpaired) electrons. The number of nitriles is 1. The second kappa shape index (κ2) is 6.61. The van der Waals surface area contributed by atoms with Gasteiger partial charge in [0.25, 0.3) is 0 Å². The molecule has 0 aliphatic heterocycles. The lowest BCUT2D eigenvalue weighted by molar-refractivity contribution is 0.0510. The van der Waals surface area contributed by atoms with Crippen molar-refractivity contribution in [3.8, 4) is 17.3 Å². The van der Waals surface area contributed by atoms with Gasteiger partial charge in [0.1, 0.15) is 5.69 Å². The maximum atomic E-state index is 12.4. The number of carbonyl (C=O) groups excluding carboxylic acids is 1. The van der Waals surface area contributed by atoms with Crippen LogP contribution in [0.3, 0.4) is 0 Å². The summed E-state index contributed by atoms with van der Waals surface area (Å²) in [5.41, 5.74) is 4.50. The molecular formula is C17H18N4O2. The molecule has 0 N–H and O–H groups in total. The minimum absolute atomic E-state index is 0.331. The van der Waals surface area contributed by atoms with E-state index in [0.717, 1.165) is 35.2 Å². The Morgan fingerprint density at radius 2 is 2.35 bits per heavy atom. The Morgan fingerprint density at radius 1 is 1.48 bits per heavy atom. The minimum atomic E-state index is -0.337. The van der Waals surface area contributed by atoms with Crippen molar-refractivity contribution in [2.75, 3.05) is 6.61 Å². The molecule has 6 heteroatoms. The number of ether oxygens (including phenoxy) is 1. The van der Waals surface area contributed by atoms with Gasteiger partial charge in [-0.05, 0) is 37.8 Å². The first-order chi connectivity index (χ1) is 11.3. The summed E-state index contributed by atoms with van der Waals surface area (Å²) < 4.78 is 6.91. The highest BCUT2D eigenvalue weighted by Gasteiger charge is 2.28. The first-order valence-corrected chi connectivity index (χ1v) is 7.83. The molecule has 0 aromatic carbocycles. The predicted molar refractivity (Wildman–Crippen MR) is 83.7 cm³/mol. The maximum Gasteiger partial charge on any atom is 0.356 e. The number of unbranched alkanes of at least 4 members (excludes halogenated alkanes) is 1. The Hall–Kier alpha value is -2.68. The summed E-state index contributed by atoms with van der Waals surface area (Å²) in [6, 6.07) is 4.06. The number of aryl methyl sites for hydroxylation is 2. The zero-order chi connectivity index (χ0) is 16.2. The standard InChI is InChI=1S/C17H18N4O2/c1-2-23-17(22)16-14-6-5-12-11-19-9-7-13(12)15(14)20-21(16)10-4-3-8-18/h7,9,11H,2-6,10H2,1H3. The lowest BCUT2D eigenvalue weighted by atomic mass is 9.90. The van der Waals surface area contributed by atoms with Gasteiger partial charge in [-0.2, -0.15) is 10.4 Å². The Bertz CT molecular complexity index is 773. The van der Waals surface area contributed by atoms with Crippen LogP contribution in [0.2, 0.25) is 0 Å². The summed E-state index contributed by atoms with van der Waals surface area (Å²) in [5, 5.41) is 13.4. The SMILES string of the molecule is CCOC(=O)c1c2c(nn1CCCC#N)-c1ccncc1CC2. The average Bonchev–Trinajstić information content (AvgIpc) is 2.94. The van der Waals surface area contributed by atoms with Crippen molar-refractivity contribution in [2.24, 2.45) is 0 Å². The Morgan fingerprint density at radius 3 is 3.13 bits per heavy atom. The fourth-order valence-corrected chi connectivity index (χ4v) is 2.97. The van der Waals surface area contributed by atoms with Crippen LogP contribution in [0.1, 0.15) is 41.4 Å². The van der Waals surface area contributed by atoms with E-state index >= 15 is 0 Å². The zero-order valence-electron chi connectivity index (χ0n) is 13.1. The van der Waals surface area contributed by atoms with Crippen molar-refractivity contribution in [2.45, 2.75) is 39.2 Å². The smallest absolute Gasteiger partial charge is 0.356 e. The van der Waals surface area contributed by atoms with Crippen LogP contribution < -0.4 is 0 Å². The molecule has 2 aromatic rings. The topological polar surface area (TPSA) is 80.8 Å². The van der Waals surface area contributed by atoms with Crippen LogP contribution in [0.4, 0.5) is 0 Å². The molecule has 0 saturated heterocycles. The molecule has 0 fully saturated rings. The monoisotopic (exact) mass is 310 g/mol. The number of aromatic nitrogens is 3. The van der Waals surface area contributed by atoms with Crippen LogP contribution in [0.15, 0.2) is 18.5 Å². The van der Waals surface area contributed by atoms with Crippen molar-refractivity contribution in [3.63, 3.8) is 0 Å². The summed E-state index contributed by atoms with van der Waals surface area (Å²) >= 11 is 0. The fourth-order valence-electron chi connectivity index (χ4n) is 2.97. The molecule has 0 bridgehead atoms. The van der Waals surface area contributed by atoms with E-state index in [-0.39, 0.29) is 5.97 Å². The predicted octanol–water partition coefficient (Wildman–Crippen LogP) is 2.52. The van der Waals surface area contributed by atoms with Crippen LogP contribution in [-0.2, 0) is 24.1 Å². The summed E-state index contributed by atoms with van der Waals surface area (Å²) in [6.45, 7) is 2.66. The van der Waals surface area contributed by atoms with Gasteiger partial charge in [-0.15, -0.1) is 0 Å². The number of hydrogen-bond donors (Lipinski definition) is 0. The van der Waals surface area contributed by atoms with Gasteiger partial charge in [0, 0.05) is 36.5 Å². The molecule has 0 saturated carbocycles. The van der Waals surface area contributed by atoms with Gasteiger partial charge in [-0.1, -0.05) is 0 Å². The largest absolute Gasteiger partial charge is 0.461 e. The zero-order valence-corrected chi connectivity index (χ0v) is 13.1. The van der Waals surface area contributed by atoms with Gasteiger partial charge < -0.3 is 4.74 Å². The van der Waals surface area contributed by atoms with Crippen molar-refractivity contribution in [1.82, 2.24) is 14.8 Å². The fraction of sp³-hybridized carbons (Fsp3) is 0.412. The van der Waals surface area contributed by atoms with Crippen LogP contribution in [0.25, 0.3) is 11.3 Å². The number of hydrogen-bond acceptors (Lipinski definition) is 5. The molecule has 0 spiro atoms. The third-order valence-corrected chi connectivity index (χ3v) is 3.98. The highest BCUT2D eigenvalue weighted by Crippen LogP contribution is 2.34. The van der Waals surface area contributed by atoms with Crippen LogP contribution >= 0.6 is 0 Å². The molecule has 2 heterocycles. The number of fused-ring (bicyclic) bond motifs is 3. The van der Waals surface area contributed by atoms with E-state index in [1.807, 2.05) is 12.3 Å². The van der Waals surface area contributed by atoms with Gasteiger partial charge in [0.15, 0.2) is 0 Å². The third kappa shape index (κ3) is 2.82. The molecule has 2 aromatic heterocycles. The van der Waals surface area contributed by atoms with Gasteiger partial charge in [-0.25, -0.2) is 4.79 Å². The van der Waals surface area contributed by atoms with Crippen molar-refractivity contribution in [1.29, 1.82) is 5.26 Å². The van der Waals surface area contributed by atoms with E-state index in [9.17, 15) is 4.79 Å². The van der Waals surface area contributed by atoms with Gasteiger partial charge in [0.05, 0.1) is 18.4 Å². The Balaban J connectivity index is 2.05. The number of carbonyl (C=O) groups is 1. The number of esters is 1. The van der Waals surface area contributed by atoms with Gasteiger partial charge in [-0.3, -0.25) is 9.67 Å². The van der Waals surface area contributed by atoms with Crippen LogP contribution in [-0.4, -0.2) is 27.3 Å². The molecule has 23 heavy (non-hydrogen) atoms. The normalized spacial score (nSPS) is 12.2. The van der Waals surface area contributed by atoms with Gasteiger partial charge >= 0.3 is 5.97 Å². The number of rotatable bonds is 5. The van der Waals surface area contributed by atoms with E-state index in [4.69, 9.17) is 10.00 Å². The van der Waals surface area contributed by atoms with Crippen LogP contribution in [0.5, 0.6) is 0 Å². The molecule has 0 atom stereocenters. The third-order valence-electron chi connectivity index (χ3n) is 3.98. The molecule has 3 rings (SSSR count). The molecule has 6 nitrogen and oxygen atoms in total. The minimum Gasteiger partial charge on any atom is -0.461 e. The average molecular weight is 310 g/mol. The summed E-state index contributed by atoms with van der Waals surface area (Å²) in [6.07, 6.45) is 6.29. The highest BCUT2D eigenvalue weighted by molar-refractivity contribution is 5.92. The second-order valence-corrected chi connectivity index (χ2v) is 5.41. The lowest BCUT2D eigenvalue weighted by Gasteiger charge is -2.14. The van der Waals surface area contributed by atoms with Crippen molar-refractivity contribution < 1.29 is 9.53 Å². The Kier molecular flexibility index (Phi) is 4.38. The van der Waals surface area contributed by atoms with Crippen molar-refractivity contribution >= 4 is 5.97 Å². The molecular weight excluding hydrogens is 292 g/mol. The van der Waals surface area contributed by atoms with Crippen molar-refractivity contribution in [3.05, 3.63) is 35.3 Å².